The van der Waals surface area contributed by atoms with E-state index in [1.807, 2.05) is 0 Å². The average Bonchev–Trinajstić information content (AvgIpc) is 2.18. The molecule has 1 fully saturated rings. The lowest BCUT2D eigenvalue weighted by molar-refractivity contribution is -0.0483. The molecule has 0 radical (unpaired) electrons. The van der Waals surface area contributed by atoms with Gasteiger partial charge in [0.2, 0.25) is 0 Å². The van der Waals surface area contributed by atoms with Gasteiger partial charge in [0, 0.05) is 5.88 Å². The fourth-order valence-electron chi connectivity index (χ4n) is 2.31. The molecule has 0 spiro atoms. The van der Waals surface area contributed by atoms with Crippen LogP contribution in [0.25, 0.3) is 0 Å². The molecular weight excluding hydrogens is 232 g/mol. The molecule has 1 aliphatic heterocycles. The largest absolute Gasteiger partial charge is 0.379 e. The molecule has 17 heavy (non-hydrogen) atoms. The lowest BCUT2D eigenvalue weighted by atomic mass is 9.75. The molecule has 1 aromatic carbocycles. The summed E-state index contributed by atoms with van der Waals surface area (Å²) in [6.07, 6.45) is 0. The Bertz CT molecular complexity index is 408. The summed E-state index contributed by atoms with van der Waals surface area (Å²) >= 11 is 6.15. The van der Waals surface area contributed by atoms with E-state index >= 15 is 0 Å². The molecule has 0 amide bonds. The topological polar surface area (TPSA) is 9.23 Å². The molecular formula is C15H21ClO. The molecule has 0 aromatic heterocycles. The Kier molecular flexibility index (Phi) is 3.26. The van der Waals surface area contributed by atoms with E-state index in [2.05, 4.69) is 45.9 Å². The van der Waals surface area contributed by atoms with Gasteiger partial charge in [-0.05, 0) is 29.0 Å². The Morgan fingerprint density at radius 2 is 1.94 bits per heavy atom. The highest BCUT2D eigenvalue weighted by Gasteiger charge is 2.41. The van der Waals surface area contributed by atoms with Gasteiger partial charge in [0.1, 0.15) is 0 Å². The summed E-state index contributed by atoms with van der Waals surface area (Å²) in [5.41, 5.74) is 4.29. The van der Waals surface area contributed by atoms with Gasteiger partial charge in [-0.2, -0.15) is 0 Å². The van der Waals surface area contributed by atoms with Crippen LogP contribution < -0.4 is 0 Å². The third kappa shape index (κ3) is 2.23. The van der Waals surface area contributed by atoms with Gasteiger partial charge in [0.15, 0.2) is 0 Å². The van der Waals surface area contributed by atoms with E-state index in [4.69, 9.17) is 16.3 Å². The summed E-state index contributed by atoms with van der Waals surface area (Å²) in [5, 5.41) is 0. The lowest BCUT2D eigenvalue weighted by Gasteiger charge is -2.42. The highest BCUT2D eigenvalue weighted by atomic mass is 35.5. The normalized spacial score (nSPS) is 18.9. The SMILES string of the molecule is Cc1ccc(C(C)(C)C)cc1C1(CCl)COC1. The quantitative estimate of drug-likeness (QED) is 0.728. The van der Waals surface area contributed by atoms with Crippen molar-refractivity contribution in [2.45, 2.75) is 38.5 Å². The highest BCUT2D eigenvalue weighted by Crippen LogP contribution is 2.37. The van der Waals surface area contributed by atoms with Crippen LogP contribution in [0.1, 0.15) is 37.5 Å². The van der Waals surface area contributed by atoms with Crippen LogP contribution in [0.5, 0.6) is 0 Å². The molecule has 0 bridgehead atoms. The summed E-state index contributed by atoms with van der Waals surface area (Å²) in [7, 11) is 0. The molecule has 1 heterocycles. The van der Waals surface area contributed by atoms with Crippen molar-refractivity contribution in [3.8, 4) is 0 Å². The van der Waals surface area contributed by atoms with Gasteiger partial charge in [0.05, 0.1) is 18.6 Å². The first-order valence-electron chi connectivity index (χ1n) is 6.14. The third-order valence-electron chi connectivity index (χ3n) is 3.69. The summed E-state index contributed by atoms with van der Waals surface area (Å²) in [6, 6.07) is 6.75. The number of hydrogen-bond acceptors (Lipinski definition) is 1. The standard InChI is InChI=1S/C15H21ClO/c1-11-5-6-12(14(2,3)4)7-13(11)15(8-16)9-17-10-15/h5-7H,8-10H2,1-4H3. The monoisotopic (exact) mass is 252 g/mol. The van der Waals surface area contributed by atoms with Crippen LogP contribution in [0.4, 0.5) is 0 Å². The Morgan fingerprint density at radius 1 is 1.29 bits per heavy atom. The Balaban J connectivity index is 2.46. The van der Waals surface area contributed by atoms with Crippen molar-refractivity contribution in [3.63, 3.8) is 0 Å². The van der Waals surface area contributed by atoms with Gasteiger partial charge in [-0.25, -0.2) is 0 Å². The smallest absolute Gasteiger partial charge is 0.0597 e. The second-order valence-corrected chi connectivity index (χ2v) is 6.45. The molecule has 2 rings (SSSR count). The minimum Gasteiger partial charge on any atom is -0.379 e. The first-order valence-corrected chi connectivity index (χ1v) is 6.68. The molecule has 0 saturated carbocycles. The molecule has 1 nitrogen and oxygen atoms in total. The van der Waals surface area contributed by atoms with E-state index in [0.29, 0.717) is 5.88 Å². The van der Waals surface area contributed by atoms with Crippen molar-refractivity contribution in [1.82, 2.24) is 0 Å². The first kappa shape index (κ1) is 12.9. The van der Waals surface area contributed by atoms with Crippen molar-refractivity contribution in [2.24, 2.45) is 0 Å². The van der Waals surface area contributed by atoms with Gasteiger partial charge in [-0.15, -0.1) is 11.6 Å². The van der Waals surface area contributed by atoms with E-state index in [-0.39, 0.29) is 10.8 Å². The second-order valence-electron chi connectivity index (χ2n) is 6.19. The number of hydrogen-bond donors (Lipinski definition) is 0. The molecule has 2 heteroatoms. The molecule has 0 unspecified atom stereocenters. The molecule has 0 aliphatic carbocycles. The zero-order valence-corrected chi connectivity index (χ0v) is 11.9. The highest BCUT2D eigenvalue weighted by molar-refractivity contribution is 6.18. The van der Waals surface area contributed by atoms with Gasteiger partial charge in [-0.1, -0.05) is 39.0 Å². The van der Waals surface area contributed by atoms with E-state index < -0.39 is 0 Å². The van der Waals surface area contributed by atoms with E-state index in [1.165, 1.54) is 16.7 Å². The fourth-order valence-corrected chi connectivity index (χ4v) is 2.61. The second kappa shape index (κ2) is 4.29. The molecule has 94 valence electrons. The first-order chi connectivity index (χ1) is 7.89. The summed E-state index contributed by atoms with van der Waals surface area (Å²) in [6.45, 7) is 10.4. The molecule has 1 aliphatic rings. The number of halogens is 1. The predicted molar refractivity (Wildman–Crippen MR) is 73.1 cm³/mol. The lowest BCUT2D eigenvalue weighted by Crippen LogP contribution is -2.49. The Labute approximate surface area is 109 Å². The zero-order valence-electron chi connectivity index (χ0n) is 11.1. The number of alkyl halides is 1. The average molecular weight is 253 g/mol. The van der Waals surface area contributed by atoms with E-state index in [9.17, 15) is 0 Å². The van der Waals surface area contributed by atoms with E-state index in [0.717, 1.165) is 13.2 Å². The van der Waals surface area contributed by atoms with Crippen LogP contribution in [-0.2, 0) is 15.6 Å². The number of ether oxygens (including phenoxy) is 1. The number of aryl methyl sites for hydroxylation is 1. The van der Waals surface area contributed by atoms with Gasteiger partial charge in [-0.3, -0.25) is 0 Å². The summed E-state index contributed by atoms with van der Waals surface area (Å²) in [4.78, 5) is 0. The van der Waals surface area contributed by atoms with Crippen LogP contribution in [0.2, 0.25) is 0 Å². The Morgan fingerprint density at radius 3 is 2.35 bits per heavy atom. The summed E-state index contributed by atoms with van der Waals surface area (Å²) in [5.74, 6) is 0.640. The van der Waals surface area contributed by atoms with Crippen LogP contribution in [-0.4, -0.2) is 19.1 Å². The third-order valence-corrected chi connectivity index (χ3v) is 4.20. The maximum atomic E-state index is 6.15. The van der Waals surface area contributed by atoms with Gasteiger partial charge in [0.25, 0.3) is 0 Å². The molecule has 0 atom stereocenters. The van der Waals surface area contributed by atoms with Crippen molar-refractivity contribution in [1.29, 1.82) is 0 Å². The molecule has 0 N–H and O–H groups in total. The van der Waals surface area contributed by atoms with Crippen molar-refractivity contribution < 1.29 is 4.74 Å². The van der Waals surface area contributed by atoms with Crippen LogP contribution in [0, 0.1) is 6.92 Å². The van der Waals surface area contributed by atoms with Crippen LogP contribution in [0.15, 0.2) is 18.2 Å². The Hall–Kier alpha value is -0.530. The minimum atomic E-state index is 0.0485. The maximum absolute atomic E-state index is 6.15. The van der Waals surface area contributed by atoms with Crippen LogP contribution in [0.3, 0.4) is 0 Å². The molecule has 1 aromatic rings. The number of benzene rings is 1. The fraction of sp³-hybridized carbons (Fsp3) is 0.600. The van der Waals surface area contributed by atoms with Gasteiger partial charge < -0.3 is 4.74 Å². The van der Waals surface area contributed by atoms with Crippen LogP contribution >= 0.6 is 11.6 Å². The van der Waals surface area contributed by atoms with Crippen molar-refractivity contribution >= 4 is 11.6 Å². The zero-order chi connectivity index (χ0) is 12.7. The maximum Gasteiger partial charge on any atom is 0.0597 e. The van der Waals surface area contributed by atoms with Crippen molar-refractivity contribution in [3.05, 3.63) is 34.9 Å². The van der Waals surface area contributed by atoms with Gasteiger partial charge >= 0.3 is 0 Å². The van der Waals surface area contributed by atoms with E-state index in [1.54, 1.807) is 0 Å². The summed E-state index contributed by atoms with van der Waals surface area (Å²) < 4.78 is 5.38. The minimum absolute atomic E-state index is 0.0485. The molecule has 1 saturated heterocycles. The number of rotatable bonds is 2. The van der Waals surface area contributed by atoms with Crippen molar-refractivity contribution in [2.75, 3.05) is 19.1 Å². The predicted octanol–water partition coefficient (Wildman–Crippen LogP) is 3.80.